The molecule has 184 valence electrons. The molecule has 8 N–H and O–H groups in total. The second-order valence-corrected chi connectivity index (χ2v) is 11.9. The van der Waals surface area contributed by atoms with Gasteiger partial charge in [-0.2, -0.15) is 0 Å². The minimum Gasteiger partial charge on any atom is -0.423 e. The van der Waals surface area contributed by atoms with Crippen LogP contribution in [0.2, 0.25) is 0 Å². The van der Waals surface area contributed by atoms with E-state index in [1.165, 1.54) is 0 Å². The summed E-state index contributed by atoms with van der Waals surface area (Å²) in [5.41, 5.74) is 1.22. The van der Waals surface area contributed by atoms with Crippen LogP contribution < -0.4 is 43.1 Å². The molecule has 37 heavy (non-hydrogen) atoms. The molecule has 0 fully saturated rings. The van der Waals surface area contributed by atoms with Gasteiger partial charge in [0.2, 0.25) is 0 Å². The molecule has 0 saturated heterocycles. The molecule has 0 unspecified atom stereocenters. The van der Waals surface area contributed by atoms with Crippen LogP contribution in [0, 0.1) is 0 Å². The minimum atomic E-state index is -2.76. The first-order valence-corrected chi connectivity index (χ1v) is 13.2. The standard InChI is InChI=1S/C24H24B4O8P/c29-25(30)17-1-9-21(10-2-17)37(22-11-3-18(4-12-22)26(31)32,23-13-5-19(6-14-23)27(33)34)24-15-7-20(8-16-24)28(35)36/h1-16,29-36H/q+1. The van der Waals surface area contributed by atoms with E-state index in [1.54, 1.807) is 97.1 Å². The van der Waals surface area contributed by atoms with Crippen molar-refractivity contribution < 1.29 is 40.2 Å². The van der Waals surface area contributed by atoms with E-state index < -0.39 is 35.7 Å². The first-order chi connectivity index (χ1) is 17.6. The average molecular weight is 515 g/mol. The van der Waals surface area contributed by atoms with E-state index in [0.717, 1.165) is 21.2 Å². The Balaban J connectivity index is 2.05. The Bertz CT molecular complexity index is 1110. The second-order valence-electron chi connectivity index (χ2n) is 8.53. The molecular formula is C24H24B4O8P+. The van der Waals surface area contributed by atoms with Crippen molar-refractivity contribution in [2.45, 2.75) is 0 Å². The van der Waals surface area contributed by atoms with Gasteiger partial charge in [-0.1, -0.05) is 48.5 Å². The molecule has 0 aliphatic carbocycles. The second kappa shape index (κ2) is 11.3. The molecule has 0 aliphatic rings. The van der Waals surface area contributed by atoms with E-state index >= 15 is 0 Å². The first-order valence-electron chi connectivity index (χ1n) is 11.4. The summed E-state index contributed by atoms with van der Waals surface area (Å²) in [4.78, 5) is 0. The molecule has 0 amide bonds. The third kappa shape index (κ3) is 5.44. The molecule has 0 bridgehead atoms. The van der Waals surface area contributed by atoms with Gasteiger partial charge in [0.15, 0.2) is 0 Å². The smallest absolute Gasteiger partial charge is 0.423 e. The molecule has 0 atom stereocenters. The van der Waals surface area contributed by atoms with Crippen molar-refractivity contribution in [3.63, 3.8) is 0 Å². The summed E-state index contributed by atoms with van der Waals surface area (Å²) >= 11 is 0. The van der Waals surface area contributed by atoms with E-state index in [4.69, 9.17) is 0 Å². The molecule has 0 radical (unpaired) electrons. The Morgan fingerprint density at radius 2 is 0.459 bits per heavy atom. The van der Waals surface area contributed by atoms with E-state index in [2.05, 4.69) is 0 Å². The third-order valence-electron chi connectivity index (χ3n) is 6.31. The predicted octanol–water partition coefficient (Wildman–Crippen LogP) is -4.97. The van der Waals surface area contributed by atoms with Crippen LogP contribution in [0.3, 0.4) is 0 Å². The lowest BCUT2D eigenvalue weighted by Crippen LogP contribution is -2.42. The molecule has 0 aromatic heterocycles. The highest BCUT2D eigenvalue weighted by Gasteiger charge is 2.48. The zero-order valence-electron chi connectivity index (χ0n) is 19.6. The van der Waals surface area contributed by atoms with Crippen LogP contribution in [0.4, 0.5) is 0 Å². The highest BCUT2D eigenvalue weighted by molar-refractivity contribution is 8.01. The van der Waals surface area contributed by atoms with Crippen molar-refractivity contribution in [1.29, 1.82) is 0 Å². The quantitative estimate of drug-likeness (QED) is 0.0857. The Labute approximate surface area is 216 Å². The van der Waals surface area contributed by atoms with E-state index in [-0.39, 0.29) is 0 Å². The molecule has 0 heterocycles. The van der Waals surface area contributed by atoms with Crippen molar-refractivity contribution in [2.75, 3.05) is 0 Å². The van der Waals surface area contributed by atoms with Crippen LogP contribution in [-0.4, -0.2) is 68.7 Å². The Kier molecular flexibility index (Phi) is 8.36. The maximum Gasteiger partial charge on any atom is 0.488 e. The summed E-state index contributed by atoms with van der Waals surface area (Å²) in [6.45, 7) is 0. The normalized spacial score (nSPS) is 11.2. The van der Waals surface area contributed by atoms with Gasteiger partial charge in [-0.25, -0.2) is 0 Å². The van der Waals surface area contributed by atoms with Gasteiger partial charge in [0.1, 0.15) is 28.5 Å². The minimum absolute atomic E-state index is 0.304. The van der Waals surface area contributed by atoms with Crippen molar-refractivity contribution in [3.05, 3.63) is 97.1 Å². The molecule has 4 aromatic rings. The van der Waals surface area contributed by atoms with Crippen molar-refractivity contribution >= 4 is 78.8 Å². The lowest BCUT2D eigenvalue weighted by Gasteiger charge is -2.28. The van der Waals surface area contributed by atoms with Gasteiger partial charge in [-0.3, -0.25) is 0 Å². The van der Waals surface area contributed by atoms with Crippen molar-refractivity contribution in [3.8, 4) is 0 Å². The largest absolute Gasteiger partial charge is 0.488 e. The number of hydrogen-bond donors (Lipinski definition) is 8. The molecule has 8 nitrogen and oxygen atoms in total. The Hall–Kier alpha value is -2.75. The predicted molar refractivity (Wildman–Crippen MR) is 151 cm³/mol. The van der Waals surface area contributed by atoms with Crippen LogP contribution in [-0.2, 0) is 0 Å². The number of rotatable bonds is 8. The maximum absolute atomic E-state index is 9.64. The molecule has 0 aliphatic heterocycles. The summed E-state index contributed by atoms with van der Waals surface area (Å²) in [7, 11) is -9.36. The molecule has 0 saturated carbocycles. The van der Waals surface area contributed by atoms with E-state index in [1.807, 2.05) is 0 Å². The topological polar surface area (TPSA) is 162 Å². The summed E-state index contributed by atoms with van der Waals surface area (Å²) in [5, 5.41) is 80.4. The van der Waals surface area contributed by atoms with Crippen LogP contribution in [0.1, 0.15) is 0 Å². The van der Waals surface area contributed by atoms with Gasteiger partial charge < -0.3 is 40.2 Å². The summed E-state index contributed by atoms with van der Waals surface area (Å²) < 4.78 is 0. The zero-order chi connectivity index (χ0) is 26.7. The van der Waals surface area contributed by atoms with Gasteiger partial charge >= 0.3 is 28.5 Å². The average Bonchev–Trinajstić information content (AvgIpc) is 2.90. The van der Waals surface area contributed by atoms with Gasteiger partial charge in [0.05, 0.1) is 0 Å². The van der Waals surface area contributed by atoms with Gasteiger partial charge in [0, 0.05) is 0 Å². The molecular weight excluding hydrogens is 490 g/mol. The van der Waals surface area contributed by atoms with Crippen LogP contribution in [0.15, 0.2) is 97.1 Å². The van der Waals surface area contributed by atoms with E-state index in [9.17, 15) is 40.2 Å². The number of benzene rings is 4. The summed E-state index contributed by atoms with van der Waals surface area (Å²) in [6, 6.07) is 27.2. The fourth-order valence-corrected chi connectivity index (χ4v) is 8.55. The van der Waals surface area contributed by atoms with Crippen LogP contribution in [0.25, 0.3) is 0 Å². The highest BCUT2D eigenvalue weighted by Crippen LogP contribution is 2.53. The van der Waals surface area contributed by atoms with Crippen LogP contribution in [0.5, 0.6) is 0 Å². The molecule has 0 spiro atoms. The highest BCUT2D eigenvalue weighted by atomic mass is 31.2. The molecule has 13 heteroatoms. The van der Waals surface area contributed by atoms with Crippen LogP contribution >= 0.6 is 7.26 Å². The van der Waals surface area contributed by atoms with Gasteiger partial charge in [-0.05, 0) is 70.4 Å². The lowest BCUT2D eigenvalue weighted by atomic mass is 9.80. The monoisotopic (exact) mass is 515 g/mol. The fourth-order valence-electron chi connectivity index (χ4n) is 4.37. The first kappa shape index (κ1) is 27.3. The number of hydrogen-bond acceptors (Lipinski definition) is 8. The molecule has 4 rings (SSSR count). The zero-order valence-corrected chi connectivity index (χ0v) is 20.5. The third-order valence-corrected chi connectivity index (χ3v) is 10.6. The summed E-state index contributed by atoms with van der Waals surface area (Å²) in [6.07, 6.45) is 0. The van der Waals surface area contributed by atoms with Gasteiger partial charge in [-0.15, -0.1) is 0 Å². The Morgan fingerprint density at radius 3 is 0.595 bits per heavy atom. The summed E-state index contributed by atoms with van der Waals surface area (Å²) in [5.74, 6) is 0. The fraction of sp³-hybridized carbons (Fsp3) is 0. The van der Waals surface area contributed by atoms with Crippen molar-refractivity contribution in [1.82, 2.24) is 0 Å². The molecule has 4 aromatic carbocycles. The lowest BCUT2D eigenvalue weighted by molar-refractivity contribution is 0.424. The SMILES string of the molecule is OB(O)c1ccc([P+](c2ccc(B(O)O)cc2)(c2ccc(B(O)O)cc2)c2ccc(B(O)O)cc2)cc1. The van der Waals surface area contributed by atoms with Gasteiger partial charge in [0.25, 0.3) is 0 Å². The maximum atomic E-state index is 9.64. The van der Waals surface area contributed by atoms with Crippen molar-refractivity contribution in [2.24, 2.45) is 0 Å². The Morgan fingerprint density at radius 1 is 0.297 bits per heavy atom. The van der Waals surface area contributed by atoms with E-state index in [0.29, 0.717) is 21.9 Å².